The molecule has 2 aromatic rings. The van der Waals surface area contributed by atoms with Gasteiger partial charge in [-0.2, -0.15) is 17.5 Å². The Morgan fingerprint density at radius 3 is 2.41 bits per heavy atom. The molecule has 12 nitrogen and oxygen atoms in total. The first-order valence-electron chi connectivity index (χ1n) is 16.3. The van der Waals surface area contributed by atoms with Crippen LogP contribution in [0.25, 0.3) is 0 Å². The zero-order valence-electron chi connectivity index (χ0n) is 27.4. The maximum Gasteiger partial charge on any atom is 0.407 e. The van der Waals surface area contributed by atoms with E-state index in [0.29, 0.717) is 36.7 Å². The van der Waals surface area contributed by atoms with Gasteiger partial charge in [0.1, 0.15) is 19.0 Å². The van der Waals surface area contributed by atoms with Crippen LogP contribution in [-0.2, 0) is 25.9 Å². The first-order valence-corrected chi connectivity index (χ1v) is 17.8. The molecule has 5 atom stereocenters. The number of ether oxygens (including phenoxy) is 5. The summed E-state index contributed by atoms with van der Waals surface area (Å²) < 4.78 is 94.7. The molecule has 2 aromatic carbocycles. The van der Waals surface area contributed by atoms with E-state index >= 15 is 0 Å². The Morgan fingerprint density at radius 2 is 1.73 bits per heavy atom. The molecule has 272 valence electrons. The lowest BCUT2D eigenvalue weighted by molar-refractivity contribution is -0.136. The average molecular weight is 717 g/mol. The van der Waals surface area contributed by atoms with Gasteiger partial charge in [-0.15, -0.1) is 0 Å². The zero-order chi connectivity index (χ0) is 35.3. The van der Waals surface area contributed by atoms with Crippen molar-refractivity contribution in [3.63, 3.8) is 0 Å². The fourth-order valence-electron chi connectivity index (χ4n) is 6.45. The Labute approximate surface area is 283 Å². The molecule has 0 saturated carbocycles. The van der Waals surface area contributed by atoms with Crippen molar-refractivity contribution in [3.8, 4) is 17.2 Å². The minimum absolute atomic E-state index is 0.00382. The summed E-state index contributed by atoms with van der Waals surface area (Å²) in [7, 11) is -4.20. The van der Waals surface area contributed by atoms with Gasteiger partial charge in [-0.25, -0.2) is 13.2 Å². The maximum atomic E-state index is 14.1. The second kappa shape index (κ2) is 15.7. The number of carboxylic acid groups (broad SMARTS) is 1. The number of alkyl halides is 3. The smallest absolute Gasteiger partial charge is 0.407 e. The van der Waals surface area contributed by atoms with E-state index in [1.807, 2.05) is 13.8 Å². The lowest BCUT2D eigenvalue weighted by Gasteiger charge is -2.39. The number of aliphatic hydroxyl groups is 1. The quantitative estimate of drug-likeness (QED) is 0.252. The standard InChI is InChI=1S/C33H43F3N2O10S/c1-21(2)18-37(49(42,43)24-8-9-29-30(17-24)46-15-14-45-29)19-28(39)26(38(32(40)41)27-20-48-31-25(27)10-13-47-31)16-22-4-6-23(7-5-22)44-12-3-11-33(34,35)36/h4-9,17,21,25-28,31,39H,3,10-16,18-20H2,1-2H3,(H,40,41)/t25-,26-,27-,28+,31+/m0/s1. The topological polar surface area (TPSA) is 144 Å². The number of nitrogens with zero attached hydrogens (tertiary/aromatic N) is 2. The van der Waals surface area contributed by atoms with E-state index in [1.54, 1.807) is 24.3 Å². The van der Waals surface area contributed by atoms with Gasteiger partial charge < -0.3 is 33.9 Å². The Bertz CT molecular complexity index is 1530. The largest absolute Gasteiger partial charge is 0.494 e. The van der Waals surface area contributed by atoms with Gasteiger partial charge in [-0.1, -0.05) is 26.0 Å². The fourth-order valence-corrected chi connectivity index (χ4v) is 8.08. The van der Waals surface area contributed by atoms with Crippen LogP contribution in [0.3, 0.4) is 0 Å². The molecule has 3 heterocycles. The van der Waals surface area contributed by atoms with E-state index in [1.165, 1.54) is 18.2 Å². The van der Waals surface area contributed by atoms with Crippen LogP contribution in [0.2, 0.25) is 0 Å². The number of halogens is 3. The van der Waals surface area contributed by atoms with Crippen molar-refractivity contribution >= 4 is 16.1 Å². The molecule has 0 bridgehead atoms. The van der Waals surface area contributed by atoms with Crippen LogP contribution in [0.5, 0.6) is 17.2 Å². The van der Waals surface area contributed by atoms with Crippen molar-refractivity contribution in [1.82, 2.24) is 9.21 Å². The second-order valence-electron chi connectivity index (χ2n) is 12.9. The first kappa shape index (κ1) is 37.0. The molecule has 2 N–H and O–H groups in total. The molecule has 0 spiro atoms. The Balaban J connectivity index is 1.40. The summed E-state index contributed by atoms with van der Waals surface area (Å²) in [6, 6.07) is 8.95. The number of fused-ring (bicyclic) bond motifs is 2. The van der Waals surface area contributed by atoms with Crippen LogP contribution in [0.15, 0.2) is 47.4 Å². The summed E-state index contributed by atoms with van der Waals surface area (Å²) in [5.74, 6) is 0.628. The molecular formula is C33H43F3N2O10S. The minimum atomic E-state index is -4.28. The first-order chi connectivity index (χ1) is 23.2. The third-order valence-electron chi connectivity index (χ3n) is 8.74. The van der Waals surface area contributed by atoms with E-state index in [9.17, 15) is 36.6 Å². The molecule has 0 aliphatic carbocycles. The van der Waals surface area contributed by atoms with Gasteiger partial charge in [0.2, 0.25) is 10.0 Å². The van der Waals surface area contributed by atoms with Crippen LogP contribution in [0.4, 0.5) is 18.0 Å². The van der Waals surface area contributed by atoms with Gasteiger partial charge >= 0.3 is 12.3 Å². The lowest BCUT2D eigenvalue weighted by Crippen LogP contribution is -2.57. The highest BCUT2D eigenvalue weighted by Gasteiger charge is 2.49. The van der Waals surface area contributed by atoms with Crippen molar-refractivity contribution < 1.29 is 60.3 Å². The minimum Gasteiger partial charge on any atom is -0.494 e. The summed E-state index contributed by atoms with van der Waals surface area (Å²) in [5, 5.41) is 22.5. The van der Waals surface area contributed by atoms with Crippen LogP contribution in [0, 0.1) is 11.8 Å². The number of rotatable bonds is 15. The van der Waals surface area contributed by atoms with Gasteiger partial charge in [-0.05, 0) is 55.0 Å². The maximum absolute atomic E-state index is 14.1. The second-order valence-corrected chi connectivity index (χ2v) is 14.8. The summed E-state index contributed by atoms with van der Waals surface area (Å²) in [4.78, 5) is 14.1. The fraction of sp³-hybridized carbons (Fsp3) is 0.606. The van der Waals surface area contributed by atoms with Crippen LogP contribution < -0.4 is 14.2 Å². The third kappa shape index (κ3) is 9.28. The molecule has 2 fully saturated rings. The van der Waals surface area contributed by atoms with Crippen molar-refractivity contribution in [1.29, 1.82) is 0 Å². The van der Waals surface area contributed by atoms with E-state index in [-0.39, 0.29) is 61.7 Å². The number of benzene rings is 2. The molecule has 0 radical (unpaired) electrons. The molecule has 49 heavy (non-hydrogen) atoms. The molecule has 0 aromatic heterocycles. The highest BCUT2D eigenvalue weighted by molar-refractivity contribution is 7.89. The number of hydrogen-bond acceptors (Lipinski definition) is 9. The molecule has 16 heteroatoms. The highest BCUT2D eigenvalue weighted by atomic mass is 32.2. The molecule has 3 aliphatic rings. The summed E-state index contributed by atoms with van der Waals surface area (Å²) in [6.45, 7) is 4.20. The predicted molar refractivity (Wildman–Crippen MR) is 169 cm³/mol. The monoisotopic (exact) mass is 716 g/mol. The Morgan fingerprint density at radius 1 is 1.02 bits per heavy atom. The zero-order valence-corrected chi connectivity index (χ0v) is 28.2. The van der Waals surface area contributed by atoms with Crippen molar-refractivity contribution in [3.05, 3.63) is 48.0 Å². The summed E-state index contributed by atoms with van der Waals surface area (Å²) >= 11 is 0. The molecule has 2 saturated heterocycles. The highest BCUT2D eigenvalue weighted by Crippen LogP contribution is 2.37. The van der Waals surface area contributed by atoms with Crippen molar-refractivity contribution in [2.45, 2.75) is 75.1 Å². The summed E-state index contributed by atoms with van der Waals surface area (Å²) in [6.07, 6.45) is -8.26. The number of sulfonamides is 1. The number of hydrogen-bond donors (Lipinski definition) is 2. The Hall–Kier alpha value is -3.31. The average Bonchev–Trinajstić information content (AvgIpc) is 3.67. The number of amides is 1. The SMILES string of the molecule is CC(C)CN(C[C@@H](O)[C@H](Cc1ccc(OCCCC(F)(F)F)cc1)N(C(=O)O)[C@H]1CO[C@H]2OCC[C@H]21)S(=O)(=O)c1ccc2c(c1)OCCO2. The van der Waals surface area contributed by atoms with E-state index in [2.05, 4.69) is 0 Å². The predicted octanol–water partition coefficient (Wildman–Crippen LogP) is 4.54. The van der Waals surface area contributed by atoms with Crippen LogP contribution >= 0.6 is 0 Å². The van der Waals surface area contributed by atoms with Gasteiger partial charge in [0.15, 0.2) is 17.8 Å². The molecule has 0 unspecified atom stereocenters. The molecule has 3 aliphatic heterocycles. The number of carbonyl (C=O) groups is 1. The van der Waals surface area contributed by atoms with Gasteiger partial charge in [-0.3, -0.25) is 4.90 Å². The van der Waals surface area contributed by atoms with Gasteiger partial charge in [0.05, 0.1) is 42.9 Å². The van der Waals surface area contributed by atoms with Crippen LogP contribution in [0.1, 0.15) is 38.7 Å². The Kier molecular flexibility index (Phi) is 11.8. The lowest BCUT2D eigenvalue weighted by atomic mass is 9.93. The van der Waals surface area contributed by atoms with Gasteiger partial charge in [0, 0.05) is 31.5 Å². The molecular weight excluding hydrogens is 673 g/mol. The molecule has 5 rings (SSSR count). The van der Waals surface area contributed by atoms with Crippen molar-refractivity contribution in [2.75, 3.05) is 46.1 Å². The third-order valence-corrected chi connectivity index (χ3v) is 10.6. The van der Waals surface area contributed by atoms with Crippen LogP contribution in [-0.4, -0.2) is 111 Å². The molecule has 1 amide bonds. The van der Waals surface area contributed by atoms with E-state index in [4.69, 9.17) is 23.7 Å². The van der Waals surface area contributed by atoms with Crippen molar-refractivity contribution in [2.24, 2.45) is 11.8 Å². The summed E-state index contributed by atoms with van der Waals surface area (Å²) in [5.41, 5.74) is 0.598. The van der Waals surface area contributed by atoms with E-state index < -0.39 is 59.7 Å². The van der Waals surface area contributed by atoms with E-state index in [0.717, 1.165) is 9.21 Å². The number of aliphatic hydroxyl groups excluding tert-OH is 1. The normalized spacial score (nSPS) is 21.8. The van der Waals surface area contributed by atoms with Gasteiger partial charge in [0.25, 0.3) is 0 Å².